The predicted octanol–water partition coefficient (Wildman–Crippen LogP) is 7.00. The summed E-state index contributed by atoms with van der Waals surface area (Å²) >= 11 is 0. The van der Waals surface area contributed by atoms with Crippen LogP contribution >= 0.6 is 8.58 Å². The van der Waals surface area contributed by atoms with Gasteiger partial charge in [0.25, 0.3) is 0 Å². The number of benzene rings is 2. The maximum absolute atomic E-state index is 8.95. The monoisotopic (exact) mass is 604 g/mol. The Morgan fingerprint density at radius 2 is 1.81 bits per heavy atom. The molecule has 0 amide bonds. The van der Waals surface area contributed by atoms with Crippen LogP contribution in [0.5, 0.6) is 11.5 Å². The van der Waals surface area contributed by atoms with E-state index in [4.69, 9.17) is 30.3 Å². The number of nitrogens with zero attached hydrogens (tertiary/aromatic N) is 1. The Balaban J connectivity index is 1.64. The van der Waals surface area contributed by atoms with Gasteiger partial charge in [0, 0.05) is 24.1 Å². The van der Waals surface area contributed by atoms with E-state index in [0.717, 1.165) is 52.4 Å². The van der Waals surface area contributed by atoms with Crippen LogP contribution in [0.2, 0.25) is 0 Å². The second-order valence-corrected chi connectivity index (χ2v) is 12.1. The molecule has 1 atom stereocenters. The Morgan fingerprint density at radius 3 is 2.44 bits per heavy atom. The van der Waals surface area contributed by atoms with Crippen LogP contribution in [-0.2, 0) is 11.3 Å². The Kier molecular flexibility index (Phi) is 14.5. The largest absolute Gasteiger partial charge is 0.501 e. The van der Waals surface area contributed by atoms with Crippen LogP contribution in [0.15, 0.2) is 83.6 Å². The second-order valence-electron chi connectivity index (χ2n) is 10.6. The molecule has 1 unspecified atom stereocenters. The van der Waals surface area contributed by atoms with Crippen molar-refractivity contribution >= 4 is 20.1 Å². The van der Waals surface area contributed by atoms with Crippen molar-refractivity contribution in [2.24, 2.45) is 10.7 Å². The lowest BCUT2D eigenvalue weighted by Crippen LogP contribution is -2.24. The van der Waals surface area contributed by atoms with Crippen LogP contribution in [-0.4, -0.2) is 56.8 Å². The summed E-state index contributed by atoms with van der Waals surface area (Å²) in [5.74, 6) is 2.84. The molecule has 1 saturated heterocycles. The Bertz CT molecular complexity index is 1270. The molecule has 2 aromatic rings. The number of amidine groups is 1. The summed E-state index contributed by atoms with van der Waals surface area (Å²) in [5.41, 5.74) is 10.1. The van der Waals surface area contributed by atoms with Gasteiger partial charge in [0.05, 0.1) is 37.8 Å². The quantitative estimate of drug-likeness (QED) is 0.0451. The van der Waals surface area contributed by atoms with Crippen LogP contribution < -0.4 is 20.5 Å². The number of allylic oxidation sites excluding steroid dienone is 5. The van der Waals surface area contributed by atoms with E-state index in [1.807, 2.05) is 37.3 Å². The number of rotatable bonds is 17. The van der Waals surface area contributed by atoms with E-state index in [1.54, 1.807) is 20.3 Å². The Morgan fingerprint density at radius 1 is 1.09 bits per heavy atom. The molecule has 0 aromatic heterocycles. The smallest absolute Gasteiger partial charge is 0.126 e. The van der Waals surface area contributed by atoms with Crippen LogP contribution in [0, 0.1) is 5.41 Å². The molecule has 43 heavy (non-hydrogen) atoms. The standard InChI is InChI=1S/C35H49N4O3P/c1-6-26(11-14-28(8-3)40-4)34(36)32-16-15-31(41-5)23-33(32)35(37)39-27(7-2)17-20-38-24-25-9-12-29(13-10-25)42-30-18-21-43-22-19-30/h6,9-16,23,27,30,36,38,43H,1,7-8,17-22,24H2,2-5H3,(H2,37,39)/b26-11+,28-14+,36-34?. The van der Waals surface area contributed by atoms with Crippen molar-refractivity contribution < 1.29 is 14.2 Å². The average molecular weight is 605 g/mol. The van der Waals surface area contributed by atoms with Crippen molar-refractivity contribution in [2.45, 2.75) is 64.6 Å². The summed E-state index contributed by atoms with van der Waals surface area (Å²) in [6, 6.07) is 14.0. The molecule has 0 radical (unpaired) electrons. The third-order valence-corrected chi connectivity index (χ3v) is 8.91. The number of nitrogens with one attached hydrogen (secondary N) is 2. The zero-order valence-electron chi connectivity index (χ0n) is 26.2. The number of ether oxygens (including phenoxy) is 3. The zero-order valence-corrected chi connectivity index (χ0v) is 27.2. The summed E-state index contributed by atoms with van der Waals surface area (Å²) < 4.78 is 17.0. The highest BCUT2D eigenvalue weighted by molar-refractivity contribution is 7.38. The fourth-order valence-electron chi connectivity index (χ4n) is 4.92. The van der Waals surface area contributed by atoms with E-state index in [0.29, 0.717) is 40.1 Å². The van der Waals surface area contributed by atoms with Crippen molar-refractivity contribution in [1.29, 1.82) is 5.41 Å². The lowest BCUT2D eigenvalue weighted by Gasteiger charge is -2.23. The highest BCUT2D eigenvalue weighted by Crippen LogP contribution is 2.26. The first-order valence-electron chi connectivity index (χ1n) is 15.3. The predicted molar refractivity (Wildman–Crippen MR) is 183 cm³/mol. The van der Waals surface area contributed by atoms with Gasteiger partial charge >= 0.3 is 0 Å². The lowest BCUT2D eigenvalue weighted by atomic mass is 9.96. The molecule has 0 aliphatic carbocycles. The van der Waals surface area contributed by atoms with Crippen molar-refractivity contribution in [3.05, 3.63) is 95.3 Å². The minimum Gasteiger partial charge on any atom is -0.501 e. The van der Waals surface area contributed by atoms with Gasteiger partial charge in [-0.1, -0.05) is 38.6 Å². The van der Waals surface area contributed by atoms with E-state index in [9.17, 15) is 0 Å². The molecule has 4 N–H and O–H groups in total. The summed E-state index contributed by atoms with van der Waals surface area (Å²) in [6.45, 7) is 9.65. The Labute approximate surface area is 260 Å². The summed E-state index contributed by atoms with van der Waals surface area (Å²) in [5, 5.41) is 12.5. The molecular weight excluding hydrogens is 555 g/mol. The van der Waals surface area contributed by atoms with E-state index in [-0.39, 0.29) is 6.04 Å². The molecule has 7 nitrogen and oxygen atoms in total. The minimum atomic E-state index is 0.0405. The van der Waals surface area contributed by atoms with Gasteiger partial charge in [0.1, 0.15) is 17.3 Å². The SMILES string of the molecule is C=C/C(=C\C=C(/CC)OC)C(=N)c1ccc(OC)cc1C(N)=NC(CC)CCNCc1ccc(OC2CCPCC2)cc1. The molecule has 0 saturated carbocycles. The van der Waals surface area contributed by atoms with Crippen molar-refractivity contribution in [2.75, 3.05) is 33.1 Å². The second kappa shape index (κ2) is 18.3. The first-order chi connectivity index (χ1) is 20.9. The number of hydrogen-bond acceptors (Lipinski definition) is 6. The Hall–Kier alpha value is -3.41. The summed E-state index contributed by atoms with van der Waals surface area (Å²) in [4.78, 5) is 4.89. The maximum atomic E-state index is 8.95. The molecule has 0 spiro atoms. The van der Waals surface area contributed by atoms with Gasteiger partial charge in [-0.15, -0.1) is 8.58 Å². The first kappa shape index (κ1) is 34.1. The number of hydrogen-bond donors (Lipinski definition) is 3. The van der Waals surface area contributed by atoms with Gasteiger partial charge in [-0.25, -0.2) is 0 Å². The third-order valence-electron chi connectivity index (χ3n) is 7.63. The zero-order chi connectivity index (χ0) is 31.0. The van der Waals surface area contributed by atoms with Gasteiger partial charge in [-0.3, -0.25) is 10.4 Å². The van der Waals surface area contributed by atoms with Crippen molar-refractivity contribution in [3.63, 3.8) is 0 Å². The topological polar surface area (TPSA) is 102 Å². The highest BCUT2D eigenvalue weighted by atomic mass is 31.1. The maximum Gasteiger partial charge on any atom is 0.126 e. The molecule has 232 valence electrons. The van der Waals surface area contributed by atoms with Crippen LogP contribution in [0.3, 0.4) is 0 Å². The molecular formula is C35H49N4O3P. The van der Waals surface area contributed by atoms with Gasteiger partial charge in [-0.05, 0) is 98.2 Å². The lowest BCUT2D eigenvalue weighted by molar-refractivity contribution is 0.191. The minimum absolute atomic E-state index is 0.0405. The first-order valence-corrected chi connectivity index (χ1v) is 16.7. The molecule has 1 aliphatic rings. The molecule has 8 heteroatoms. The van der Waals surface area contributed by atoms with Crippen LogP contribution in [0.1, 0.15) is 62.6 Å². The van der Waals surface area contributed by atoms with Gasteiger partial charge in [0.2, 0.25) is 0 Å². The number of aliphatic imine (C=N–C) groups is 1. The normalized spacial score (nSPS) is 17.4. The fraction of sp³-hybridized carbons (Fsp3) is 0.429. The molecule has 0 bridgehead atoms. The van der Waals surface area contributed by atoms with Gasteiger partial charge in [0.15, 0.2) is 0 Å². The van der Waals surface area contributed by atoms with E-state index in [2.05, 4.69) is 43.1 Å². The van der Waals surface area contributed by atoms with Crippen molar-refractivity contribution in [1.82, 2.24) is 5.32 Å². The van der Waals surface area contributed by atoms with Crippen LogP contribution in [0.25, 0.3) is 0 Å². The molecule has 3 rings (SSSR count). The van der Waals surface area contributed by atoms with E-state index < -0.39 is 0 Å². The molecule has 1 heterocycles. The molecule has 2 aromatic carbocycles. The van der Waals surface area contributed by atoms with E-state index >= 15 is 0 Å². The third kappa shape index (κ3) is 10.7. The fourth-order valence-corrected chi connectivity index (χ4v) is 6.22. The highest BCUT2D eigenvalue weighted by Gasteiger charge is 2.17. The summed E-state index contributed by atoms with van der Waals surface area (Å²) in [6.07, 6.45) is 13.1. The van der Waals surface area contributed by atoms with E-state index in [1.165, 1.54) is 30.7 Å². The van der Waals surface area contributed by atoms with Gasteiger partial charge in [-0.2, -0.15) is 0 Å². The number of methoxy groups -OCH3 is 2. The number of nitrogens with two attached hydrogens (primary N) is 1. The molecule has 1 aliphatic heterocycles. The van der Waals surface area contributed by atoms with Crippen molar-refractivity contribution in [3.8, 4) is 11.5 Å². The summed E-state index contributed by atoms with van der Waals surface area (Å²) in [7, 11) is 4.36. The van der Waals surface area contributed by atoms with Crippen LogP contribution in [0.4, 0.5) is 0 Å². The van der Waals surface area contributed by atoms with Gasteiger partial charge < -0.3 is 25.3 Å². The average Bonchev–Trinajstić information content (AvgIpc) is 3.05. The molecule has 1 fully saturated rings.